The number of rotatable bonds is 4. The first-order valence-corrected chi connectivity index (χ1v) is 7.72. The minimum absolute atomic E-state index is 0.116. The summed E-state index contributed by atoms with van der Waals surface area (Å²) in [4.78, 5) is 14.7. The molecule has 1 aliphatic heterocycles. The quantitative estimate of drug-likeness (QED) is 0.911. The van der Waals surface area contributed by atoms with Crippen LogP contribution in [-0.4, -0.2) is 19.0 Å². The lowest BCUT2D eigenvalue weighted by molar-refractivity contribution is 0.102. The molecule has 1 saturated heterocycles. The topological polar surface area (TPSA) is 58.4 Å². The van der Waals surface area contributed by atoms with Crippen molar-refractivity contribution >= 4 is 17.3 Å². The fourth-order valence-corrected chi connectivity index (χ4v) is 2.85. The van der Waals surface area contributed by atoms with Gasteiger partial charge in [0.1, 0.15) is 0 Å². The molecule has 1 aliphatic rings. The van der Waals surface area contributed by atoms with Gasteiger partial charge in [0, 0.05) is 36.6 Å². The largest absolute Gasteiger partial charge is 0.372 e. The summed E-state index contributed by atoms with van der Waals surface area (Å²) in [6, 6.07) is 15.5. The van der Waals surface area contributed by atoms with Crippen LogP contribution in [-0.2, 0) is 6.54 Å². The van der Waals surface area contributed by atoms with Crippen LogP contribution in [0.3, 0.4) is 0 Å². The zero-order valence-corrected chi connectivity index (χ0v) is 12.6. The molecule has 3 N–H and O–H groups in total. The van der Waals surface area contributed by atoms with E-state index < -0.39 is 0 Å². The maximum atomic E-state index is 12.4. The molecule has 0 bridgehead atoms. The van der Waals surface area contributed by atoms with Crippen molar-refractivity contribution in [2.45, 2.75) is 19.4 Å². The maximum absolute atomic E-state index is 12.4. The molecule has 4 nitrogen and oxygen atoms in total. The first kappa shape index (κ1) is 14.6. The van der Waals surface area contributed by atoms with Crippen LogP contribution >= 0.6 is 0 Å². The predicted octanol–water partition coefficient (Wildman–Crippen LogP) is 3.00. The zero-order valence-electron chi connectivity index (χ0n) is 12.6. The van der Waals surface area contributed by atoms with Gasteiger partial charge in [-0.1, -0.05) is 18.2 Å². The molecule has 0 atom stereocenters. The monoisotopic (exact) mass is 295 g/mol. The van der Waals surface area contributed by atoms with Crippen molar-refractivity contribution in [1.82, 2.24) is 0 Å². The normalized spacial score (nSPS) is 14.1. The lowest BCUT2D eigenvalue weighted by atomic mass is 10.1. The number of benzene rings is 2. The van der Waals surface area contributed by atoms with E-state index in [0.717, 1.165) is 24.3 Å². The highest BCUT2D eigenvalue weighted by atomic mass is 16.1. The van der Waals surface area contributed by atoms with E-state index in [2.05, 4.69) is 22.3 Å². The highest BCUT2D eigenvalue weighted by Crippen LogP contribution is 2.22. The minimum Gasteiger partial charge on any atom is -0.372 e. The Morgan fingerprint density at radius 2 is 1.73 bits per heavy atom. The molecule has 1 amide bonds. The van der Waals surface area contributed by atoms with Gasteiger partial charge < -0.3 is 16.0 Å². The number of nitrogens with zero attached hydrogens (tertiary/aromatic N) is 1. The number of nitrogens with one attached hydrogen (secondary N) is 1. The molecule has 1 heterocycles. The number of anilines is 2. The first-order chi connectivity index (χ1) is 10.8. The fourth-order valence-electron chi connectivity index (χ4n) is 2.85. The van der Waals surface area contributed by atoms with Gasteiger partial charge in [-0.25, -0.2) is 0 Å². The molecule has 3 rings (SSSR count). The van der Waals surface area contributed by atoms with Crippen LogP contribution in [0.2, 0.25) is 0 Å². The van der Waals surface area contributed by atoms with E-state index in [9.17, 15) is 4.79 Å². The molecule has 114 valence electrons. The number of hydrogen-bond acceptors (Lipinski definition) is 3. The van der Waals surface area contributed by atoms with Gasteiger partial charge in [-0.15, -0.1) is 0 Å². The minimum atomic E-state index is -0.116. The van der Waals surface area contributed by atoms with E-state index in [1.165, 1.54) is 18.5 Å². The highest BCUT2D eigenvalue weighted by molar-refractivity contribution is 6.05. The highest BCUT2D eigenvalue weighted by Gasteiger charge is 2.13. The zero-order chi connectivity index (χ0) is 15.4. The summed E-state index contributed by atoms with van der Waals surface area (Å²) >= 11 is 0. The Kier molecular flexibility index (Phi) is 4.39. The smallest absolute Gasteiger partial charge is 0.255 e. The lowest BCUT2D eigenvalue weighted by Gasteiger charge is -2.18. The Morgan fingerprint density at radius 1 is 1.05 bits per heavy atom. The van der Waals surface area contributed by atoms with Crippen LogP contribution in [0, 0.1) is 0 Å². The maximum Gasteiger partial charge on any atom is 0.255 e. The summed E-state index contributed by atoms with van der Waals surface area (Å²) in [6.45, 7) is 2.60. The second kappa shape index (κ2) is 6.62. The van der Waals surface area contributed by atoms with Crippen LogP contribution in [0.5, 0.6) is 0 Å². The number of carbonyl (C=O) groups excluding carboxylic acids is 1. The van der Waals surface area contributed by atoms with Crippen molar-refractivity contribution in [2.24, 2.45) is 5.73 Å². The van der Waals surface area contributed by atoms with Gasteiger partial charge in [0.2, 0.25) is 0 Å². The Morgan fingerprint density at radius 3 is 2.41 bits per heavy atom. The molecule has 0 radical (unpaired) electrons. The van der Waals surface area contributed by atoms with Crippen LogP contribution < -0.4 is 16.0 Å². The Balaban J connectivity index is 1.71. The van der Waals surface area contributed by atoms with Crippen molar-refractivity contribution in [3.63, 3.8) is 0 Å². The number of hydrogen-bond donors (Lipinski definition) is 2. The van der Waals surface area contributed by atoms with Gasteiger partial charge in [-0.3, -0.25) is 4.79 Å². The molecule has 0 spiro atoms. The van der Waals surface area contributed by atoms with E-state index in [4.69, 9.17) is 5.73 Å². The van der Waals surface area contributed by atoms with Crippen molar-refractivity contribution in [3.8, 4) is 0 Å². The van der Waals surface area contributed by atoms with Gasteiger partial charge in [0.05, 0.1) is 0 Å². The molecule has 0 aliphatic carbocycles. The fraction of sp³-hybridized carbons (Fsp3) is 0.278. The second-order valence-electron chi connectivity index (χ2n) is 5.56. The third-order valence-electron chi connectivity index (χ3n) is 4.08. The van der Waals surface area contributed by atoms with Crippen molar-refractivity contribution in [1.29, 1.82) is 0 Å². The van der Waals surface area contributed by atoms with Gasteiger partial charge in [-0.05, 0) is 48.7 Å². The molecule has 0 aromatic heterocycles. The molecular weight excluding hydrogens is 274 g/mol. The molecule has 4 heteroatoms. The van der Waals surface area contributed by atoms with Crippen LogP contribution in [0.15, 0.2) is 48.5 Å². The summed E-state index contributed by atoms with van der Waals surface area (Å²) in [5, 5.41) is 2.94. The van der Waals surface area contributed by atoms with Crippen LogP contribution in [0.4, 0.5) is 11.4 Å². The van der Waals surface area contributed by atoms with E-state index in [1.807, 2.05) is 30.3 Å². The SMILES string of the molecule is NCc1ccccc1C(=O)Nc1ccc(N2CCCC2)cc1. The summed E-state index contributed by atoms with van der Waals surface area (Å²) < 4.78 is 0. The van der Waals surface area contributed by atoms with Crippen LogP contribution in [0.1, 0.15) is 28.8 Å². The van der Waals surface area contributed by atoms with E-state index in [0.29, 0.717) is 12.1 Å². The summed E-state index contributed by atoms with van der Waals surface area (Å²) in [7, 11) is 0. The lowest BCUT2D eigenvalue weighted by Crippen LogP contribution is -2.18. The van der Waals surface area contributed by atoms with E-state index in [1.54, 1.807) is 6.07 Å². The Labute approximate surface area is 130 Å². The average Bonchev–Trinajstić information content (AvgIpc) is 3.10. The molecule has 0 saturated carbocycles. The van der Waals surface area contributed by atoms with Crippen LogP contribution in [0.25, 0.3) is 0 Å². The van der Waals surface area contributed by atoms with Gasteiger partial charge in [0.25, 0.3) is 5.91 Å². The third kappa shape index (κ3) is 3.12. The van der Waals surface area contributed by atoms with Gasteiger partial charge in [0.15, 0.2) is 0 Å². The van der Waals surface area contributed by atoms with Crippen molar-refractivity contribution in [2.75, 3.05) is 23.3 Å². The molecule has 22 heavy (non-hydrogen) atoms. The molecule has 0 unspecified atom stereocenters. The summed E-state index contributed by atoms with van der Waals surface area (Å²) in [6.07, 6.45) is 2.52. The van der Waals surface area contributed by atoms with E-state index in [-0.39, 0.29) is 5.91 Å². The van der Waals surface area contributed by atoms with Gasteiger partial charge in [-0.2, -0.15) is 0 Å². The molecule has 2 aromatic rings. The molecule has 1 fully saturated rings. The predicted molar refractivity (Wildman–Crippen MR) is 90.2 cm³/mol. The summed E-state index contributed by atoms with van der Waals surface area (Å²) in [5.41, 5.74) is 9.20. The number of nitrogens with two attached hydrogens (primary N) is 1. The Hall–Kier alpha value is -2.33. The average molecular weight is 295 g/mol. The van der Waals surface area contributed by atoms with E-state index >= 15 is 0 Å². The van der Waals surface area contributed by atoms with Crippen molar-refractivity contribution < 1.29 is 4.79 Å². The van der Waals surface area contributed by atoms with Crippen molar-refractivity contribution in [3.05, 3.63) is 59.7 Å². The third-order valence-corrected chi connectivity index (χ3v) is 4.08. The van der Waals surface area contributed by atoms with Gasteiger partial charge >= 0.3 is 0 Å². The standard InChI is InChI=1S/C18H21N3O/c19-13-14-5-1-2-6-17(14)18(22)20-15-7-9-16(10-8-15)21-11-3-4-12-21/h1-2,5-10H,3-4,11-13,19H2,(H,20,22). The number of carbonyl (C=O) groups is 1. The second-order valence-corrected chi connectivity index (χ2v) is 5.56. The first-order valence-electron chi connectivity index (χ1n) is 7.72. The molecular formula is C18H21N3O. The molecule has 2 aromatic carbocycles. The number of amides is 1. The summed E-state index contributed by atoms with van der Waals surface area (Å²) in [5.74, 6) is -0.116. The Bertz CT molecular complexity index is 646.